The van der Waals surface area contributed by atoms with Gasteiger partial charge in [-0.2, -0.15) is 0 Å². The second-order valence-electron chi connectivity index (χ2n) is 7.29. The zero-order valence-corrected chi connectivity index (χ0v) is 12.0. The number of fused-ring (bicyclic) bond motifs is 4. The molecule has 102 valence electrons. The standard InChI is InChI=1S/C18H24O/c1-18-11-10-14-13-5-3-2-4-12(13)6-7-15(14)16(18)8-9-17(18)19/h10-12,15-16H,2-9H2,1H3/t12?,15-,16+,18+/m1/s1. The highest BCUT2D eigenvalue weighted by Crippen LogP contribution is 2.56. The van der Waals surface area contributed by atoms with E-state index >= 15 is 0 Å². The zero-order valence-electron chi connectivity index (χ0n) is 12.0. The van der Waals surface area contributed by atoms with Crippen LogP contribution in [0.15, 0.2) is 23.3 Å². The zero-order chi connectivity index (χ0) is 13.0. The summed E-state index contributed by atoms with van der Waals surface area (Å²) in [6.45, 7) is 2.19. The minimum Gasteiger partial charge on any atom is -0.299 e. The molecular formula is C18H24O. The highest BCUT2D eigenvalue weighted by molar-refractivity contribution is 5.89. The molecular weight excluding hydrogens is 232 g/mol. The summed E-state index contributed by atoms with van der Waals surface area (Å²) in [7, 11) is 0. The third kappa shape index (κ3) is 1.57. The van der Waals surface area contributed by atoms with Crippen LogP contribution < -0.4 is 0 Å². The molecule has 1 unspecified atom stereocenters. The molecule has 0 aromatic heterocycles. The Hall–Kier alpha value is -0.850. The van der Waals surface area contributed by atoms with Gasteiger partial charge in [-0.15, -0.1) is 0 Å². The van der Waals surface area contributed by atoms with Gasteiger partial charge in [0.05, 0.1) is 0 Å². The molecule has 19 heavy (non-hydrogen) atoms. The molecule has 4 aliphatic carbocycles. The molecule has 4 rings (SSSR count). The Balaban J connectivity index is 1.79. The normalized spacial score (nSPS) is 44.9. The van der Waals surface area contributed by atoms with Crippen LogP contribution in [0.4, 0.5) is 0 Å². The van der Waals surface area contributed by atoms with Crippen molar-refractivity contribution in [1.82, 2.24) is 0 Å². The van der Waals surface area contributed by atoms with E-state index in [-0.39, 0.29) is 5.41 Å². The maximum Gasteiger partial charge on any atom is 0.142 e. The Morgan fingerprint density at radius 1 is 1.11 bits per heavy atom. The van der Waals surface area contributed by atoms with Gasteiger partial charge in [0.2, 0.25) is 0 Å². The molecule has 0 aromatic carbocycles. The van der Waals surface area contributed by atoms with Gasteiger partial charge >= 0.3 is 0 Å². The number of hydrogen-bond donors (Lipinski definition) is 0. The second kappa shape index (κ2) is 4.07. The summed E-state index contributed by atoms with van der Waals surface area (Å²) in [6.07, 6.45) is 14.9. The predicted molar refractivity (Wildman–Crippen MR) is 76.7 cm³/mol. The Morgan fingerprint density at radius 2 is 2.00 bits per heavy atom. The maximum atomic E-state index is 12.2. The Kier molecular flexibility index (Phi) is 2.56. The molecule has 0 radical (unpaired) electrons. The summed E-state index contributed by atoms with van der Waals surface area (Å²) in [6, 6.07) is 0. The van der Waals surface area contributed by atoms with Crippen molar-refractivity contribution in [1.29, 1.82) is 0 Å². The molecule has 1 heteroatoms. The largest absolute Gasteiger partial charge is 0.299 e. The number of Topliss-reactive ketones (excluding diaryl/α,β-unsaturated/α-hetero) is 1. The van der Waals surface area contributed by atoms with Gasteiger partial charge in [0.1, 0.15) is 5.78 Å². The molecule has 0 aromatic rings. The average molecular weight is 256 g/mol. The van der Waals surface area contributed by atoms with Crippen LogP contribution in [0.25, 0.3) is 0 Å². The van der Waals surface area contributed by atoms with Crippen LogP contribution in [0.1, 0.15) is 58.3 Å². The smallest absolute Gasteiger partial charge is 0.142 e. The quantitative estimate of drug-likeness (QED) is 0.626. The molecule has 0 heterocycles. The first-order valence-corrected chi connectivity index (χ1v) is 8.15. The minimum absolute atomic E-state index is 0.129. The summed E-state index contributed by atoms with van der Waals surface area (Å²) in [5.41, 5.74) is 3.31. The van der Waals surface area contributed by atoms with Gasteiger partial charge < -0.3 is 0 Å². The van der Waals surface area contributed by atoms with Gasteiger partial charge in [-0.1, -0.05) is 24.1 Å². The highest BCUT2D eigenvalue weighted by Gasteiger charge is 2.51. The first-order valence-electron chi connectivity index (χ1n) is 8.15. The van der Waals surface area contributed by atoms with Crippen LogP contribution in [0.3, 0.4) is 0 Å². The van der Waals surface area contributed by atoms with Crippen LogP contribution in [0.2, 0.25) is 0 Å². The van der Waals surface area contributed by atoms with Crippen molar-refractivity contribution < 1.29 is 4.79 Å². The van der Waals surface area contributed by atoms with E-state index in [4.69, 9.17) is 0 Å². The number of carbonyl (C=O) groups is 1. The molecule has 0 amide bonds. The van der Waals surface area contributed by atoms with E-state index in [1.165, 1.54) is 38.5 Å². The van der Waals surface area contributed by atoms with Gasteiger partial charge in [-0.3, -0.25) is 4.79 Å². The molecule has 0 bridgehead atoms. The maximum absolute atomic E-state index is 12.2. The first-order chi connectivity index (χ1) is 9.20. The lowest BCUT2D eigenvalue weighted by Gasteiger charge is -2.44. The molecule has 0 N–H and O–H groups in total. The minimum atomic E-state index is -0.129. The van der Waals surface area contributed by atoms with Gasteiger partial charge in [-0.25, -0.2) is 0 Å². The molecule has 2 fully saturated rings. The summed E-state index contributed by atoms with van der Waals surface area (Å²) >= 11 is 0. The lowest BCUT2D eigenvalue weighted by Crippen LogP contribution is -2.38. The lowest BCUT2D eigenvalue weighted by atomic mass is 9.59. The van der Waals surface area contributed by atoms with Crippen LogP contribution in [0, 0.1) is 23.2 Å². The van der Waals surface area contributed by atoms with Crippen molar-refractivity contribution in [2.45, 2.75) is 58.3 Å². The van der Waals surface area contributed by atoms with Crippen LogP contribution in [-0.2, 0) is 4.79 Å². The lowest BCUT2D eigenvalue weighted by molar-refractivity contribution is -0.124. The number of carbonyl (C=O) groups excluding carboxylic acids is 1. The van der Waals surface area contributed by atoms with Crippen molar-refractivity contribution in [2.24, 2.45) is 23.2 Å². The summed E-state index contributed by atoms with van der Waals surface area (Å²) in [5, 5.41) is 0. The first kappa shape index (κ1) is 11.9. The third-order valence-electron chi connectivity index (χ3n) is 6.49. The van der Waals surface area contributed by atoms with Crippen molar-refractivity contribution in [3.8, 4) is 0 Å². The van der Waals surface area contributed by atoms with Crippen molar-refractivity contribution >= 4 is 5.78 Å². The van der Waals surface area contributed by atoms with Crippen LogP contribution >= 0.6 is 0 Å². The fourth-order valence-electron chi connectivity index (χ4n) is 5.37. The fourth-order valence-corrected chi connectivity index (χ4v) is 5.37. The summed E-state index contributed by atoms with van der Waals surface area (Å²) in [5.74, 6) is 2.68. The third-order valence-corrected chi connectivity index (χ3v) is 6.49. The SMILES string of the molecule is C[C@]12C=CC3=C4CCCCC4CC[C@H]3[C@@H]1CCC2=O. The molecule has 0 aliphatic heterocycles. The summed E-state index contributed by atoms with van der Waals surface area (Å²) in [4.78, 5) is 12.2. The van der Waals surface area contributed by atoms with E-state index in [1.807, 2.05) is 0 Å². The van der Waals surface area contributed by atoms with Crippen molar-refractivity contribution in [3.05, 3.63) is 23.3 Å². The topological polar surface area (TPSA) is 17.1 Å². The van der Waals surface area contributed by atoms with Crippen LogP contribution in [-0.4, -0.2) is 5.78 Å². The Labute approximate surface area is 116 Å². The van der Waals surface area contributed by atoms with Gasteiger partial charge in [0, 0.05) is 11.8 Å². The molecule has 2 saturated carbocycles. The van der Waals surface area contributed by atoms with Crippen LogP contribution in [0.5, 0.6) is 0 Å². The number of ketones is 1. The molecule has 4 atom stereocenters. The van der Waals surface area contributed by atoms with E-state index in [1.54, 1.807) is 11.1 Å². The number of hydrogen-bond acceptors (Lipinski definition) is 1. The number of rotatable bonds is 0. The van der Waals surface area contributed by atoms with Gasteiger partial charge in [-0.05, 0) is 68.8 Å². The monoisotopic (exact) mass is 256 g/mol. The fraction of sp³-hybridized carbons (Fsp3) is 0.722. The van der Waals surface area contributed by atoms with Gasteiger partial charge in [0.25, 0.3) is 0 Å². The van der Waals surface area contributed by atoms with Gasteiger partial charge in [0.15, 0.2) is 0 Å². The molecule has 1 nitrogen and oxygen atoms in total. The second-order valence-corrected chi connectivity index (χ2v) is 7.29. The van der Waals surface area contributed by atoms with E-state index in [2.05, 4.69) is 19.1 Å². The number of allylic oxidation sites excluding steroid dienone is 4. The highest BCUT2D eigenvalue weighted by atomic mass is 16.1. The van der Waals surface area contributed by atoms with E-state index in [9.17, 15) is 4.79 Å². The molecule has 4 aliphatic rings. The van der Waals surface area contributed by atoms with Crippen molar-refractivity contribution in [2.75, 3.05) is 0 Å². The van der Waals surface area contributed by atoms with E-state index in [0.29, 0.717) is 17.6 Å². The Morgan fingerprint density at radius 3 is 2.89 bits per heavy atom. The molecule has 0 saturated heterocycles. The van der Waals surface area contributed by atoms with E-state index in [0.717, 1.165) is 18.8 Å². The van der Waals surface area contributed by atoms with E-state index < -0.39 is 0 Å². The molecule has 0 spiro atoms. The average Bonchev–Trinajstić information content (AvgIpc) is 2.75. The predicted octanol–water partition coefficient (Wildman–Crippen LogP) is 4.44. The van der Waals surface area contributed by atoms with Crippen molar-refractivity contribution in [3.63, 3.8) is 0 Å². The summed E-state index contributed by atoms with van der Waals surface area (Å²) < 4.78 is 0. The Bertz CT molecular complexity index is 484.